The lowest BCUT2D eigenvalue weighted by Gasteiger charge is -2.09. The van der Waals surface area contributed by atoms with Crippen LogP contribution in [0.2, 0.25) is 4.34 Å². The lowest BCUT2D eigenvalue weighted by Crippen LogP contribution is -2.20. The Kier molecular flexibility index (Phi) is 4.50. The normalized spacial score (nSPS) is 10.7. The molecule has 0 fully saturated rings. The quantitative estimate of drug-likeness (QED) is 0.763. The van der Waals surface area contributed by atoms with Gasteiger partial charge in [0.15, 0.2) is 0 Å². The second-order valence-electron chi connectivity index (χ2n) is 3.36. The molecule has 0 atom stereocenters. The summed E-state index contributed by atoms with van der Waals surface area (Å²) in [4.78, 5) is 13.5. The van der Waals surface area contributed by atoms with Gasteiger partial charge in [-0.2, -0.15) is 4.37 Å². The molecule has 1 heterocycles. The van der Waals surface area contributed by atoms with Gasteiger partial charge in [-0.25, -0.2) is 4.79 Å². The summed E-state index contributed by atoms with van der Waals surface area (Å²) in [5.41, 5.74) is 1.01. The number of hydrogen-bond donors (Lipinski definition) is 0. The van der Waals surface area contributed by atoms with Gasteiger partial charge in [-0.3, -0.25) is 0 Å². The number of halogens is 1. The van der Waals surface area contributed by atoms with Crippen LogP contribution >= 0.6 is 23.1 Å². The molecule has 0 saturated carbocycles. The van der Waals surface area contributed by atoms with Gasteiger partial charge < -0.3 is 9.64 Å². The van der Waals surface area contributed by atoms with Crippen LogP contribution in [0.3, 0.4) is 0 Å². The highest BCUT2D eigenvalue weighted by molar-refractivity contribution is 7.11. The molecule has 0 N–H and O–H groups in total. The fourth-order valence-electron chi connectivity index (χ4n) is 0.963. The van der Waals surface area contributed by atoms with Crippen molar-refractivity contribution in [1.82, 2.24) is 9.27 Å². The highest BCUT2D eigenvalue weighted by atomic mass is 35.5. The minimum atomic E-state index is -0.395. The molecule has 15 heavy (non-hydrogen) atoms. The maximum Gasteiger partial charge on any atom is 0.342 e. The van der Waals surface area contributed by atoms with Gasteiger partial charge in [-0.15, -0.1) is 0 Å². The third-order valence-electron chi connectivity index (χ3n) is 1.80. The summed E-state index contributed by atoms with van der Waals surface area (Å²) in [5.74, 6) is -0.395. The number of hydrogen-bond acceptors (Lipinski definition) is 5. The Hall–Kier alpha value is -0.650. The Bertz CT molecular complexity index is 332. The van der Waals surface area contributed by atoms with E-state index < -0.39 is 5.97 Å². The summed E-state index contributed by atoms with van der Waals surface area (Å²) in [6.07, 6.45) is 0. The van der Waals surface area contributed by atoms with Gasteiger partial charge in [0.1, 0.15) is 16.5 Å². The van der Waals surface area contributed by atoms with Crippen LogP contribution < -0.4 is 0 Å². The van der Waals surface area contributed by atoms with Crippen molar-refractivity contribution in [2.45, 2.75) is 6.92 Å². The van der Waals surface area contributed by atoms with Crippen LogP contribution in [0.4, 0.5) is 0 Å². The number of ether oxygens (including phenoxy) is 1. The first-order valence-corrected chi connectivity index (χ1v) is 5.61. The number of carbonyl (C=O) groups excluding carboxylic acids is 1. The van der Waals surface area contributed by atoms with Crippen LogP contribution in [0.1, 0.15) is 16.1 Å². The Morgan fingerprint density at radius 1 is 1.60 bits per heavy atom. The molecule has 0 radical (unpaired) electrons. The molecule has 0 aliphatic carbocycles. The highest BCUT2D eigenvalue weighted by Crippen LogP contribution is 2.24. The molecule has 0 bridgehead atoms. The average molecular weight is 249 g/mol. The number of aromatic nitrogens is 1. The monoisotopic (exact) mass is 248 g/mol. The second kappa shape index (κ2) is 5.44. The van der Waals surface area contributed by atoms with Gasteiger partial charge in [-0.05, 0) is 32.6 Å². The zero-order valence-corrected chi connectivity index (χ0v) is 10.5. The van der Waals surface area contributed by atoms with Crippen LogP contribution in [-0.2, 0) is 4.74 Å². The maximum absolute atomic E-state index is 11.6. The van der Waals surface area contributed by atoms with Crippen molar-refractivity contribution in [2.75, 3.05) is 27.2 Å². The van der Waals surface area contributed by atoms with Crippen molar-refractivity contribution < 1.29 is 9.53 Å². The third-order valence-corrected chi connectivity index (χ3v) is 2.92. The molecular formula is C9H13ClN2O2S. The molecular weight excluding hydrogens is 236 g/mol. The van der Waals surface area contributed by atoms with Crippen molar-refractivity contribution in [3.05, 3.63) is 15.6 Å². The first-order chi connectivity index (χ1) is 7.02. The van der Waals surface area contributed by atoms with Gasteiger partial charge in [0, 0.05) is 6.54 Å². The fourth-order valence-corrected chi connectivity index (χ4v) is 1.91. The van der Waals surface area contributed by atoms with E-state index >= 15 is 0 Å². The fraction of sp³-hybridized carbons (Fsp3) is 0.556. The molecule has 1 aromatic rings. The van der Waals surface area contributed by atoms with E-state index in [4.69, 9.17) is 16.3 Å². The van der Waals surface area contributed by atoms with Gasteiger partial charge in [0.25, 0.3) is 0 Å². The minimum Gasteiger partial charge on any atom is -0.461 e. The smallest absolute Gasteiger partial charge is 0.342 e. The zero-order chi connectivity index (χ0) is 11.4. The number of aryl methyl sites for hydroxylation is 1. The van der Waals surface area contributed by atoms with E-state index in [2.05, 4.69) is 4.37 Å². The van der Waals surface area contributed by atoms with Crippen LogP contribution in [0.5, 0.6) is 0 Å². The molecule has 0 spiro atoms. The third kappa shape index (κ3) is 3.44. The van der Waals surface area contributed by atoms with Crippen LogP contribution in [0.15, 0.2) is 0 Å². The number of nitrogens with zero attached hydrogens (tertiary/aromatic N) is 2. The molecule has 0 saturated heterocycles. The van der Waals surface area contributed by atoms with Gasteiger partial charge in [0.2, 0.25) is 0 Å². The average Bonchev–Trinajstić information content (AvgIpc) is 2.45. The number of esters is 1. The standard InChI is InChI=1S/C9H13ClN2O2S/c1-6-7(8(10)15-11-6)9(13)14-5-4-12(2)3/h4-5H2,1-3H3. The molecule has 0 amide bonds. The number of carbonyl (C=O) groups is 1. The van der Waals surface area contributed by atoms with E-state index in [0.717, 1.165) is 11.5 Å². The van der Waals surface area contributed by atoms with Crippen molar-refractivity contribution in [3.63, 3.8) is 0 Å². The topological polar surface area (TPSA) is 42.4 Å². The summed E-state index contributed by atoms with van der Waals surface area (Å²) in [6.45, 7) is 2.79. The number of rotatable bonds is 4. The lowest BCUT2D eigenvalue weighted by atomic mass is 10.3. The Balaban J connectivity index is 2.54. The van der Waals surface area contributed by atoms with Crippen molar-refractivity contribution in [3.8, 4) is 0 Å². The van der Waals surface area contributed by atoms with Crippen LogP contribution in [0, 0.1) is 6.92 Å². The Labute approximate surface area is 98.0 Å². The Morgan fingerprint density at radius 2 is 2.27 bits per heavy atom. The summed E-state index contributed by atoms with van der Waals surface area (Å²) >= 11 is 6.93. The Morgan fingerprint density at radius 3 is 2.73 bits per heavy atom. The van der Waals surface area contributed by atoms with Crippen molar-refractivity contribution in [1.29, 1.82) is 0 Å². The largest absolute Gasteiger partial charge is 0.461 e. The van der Waals surface area contributed by atoms with Crippen molar-refractivity contribution >= 4 is 29.1 Å². The van der Waals surface area contributed by atoms with Crippen LogP contribution in [0.25, 0.3) is 0 Å². The molecule has 1 aromatic heterocycles. The predicted octanol–water partition coefficient (Wildman–Crippen LogP) is 1.82. The van der Waals surface area contributed by atoms with Crippen LogP contribution in [-0.4, -0.2) is 42.5 Å². The first kappa shape index (κ1) is 12.4. The van der Waals surface area contributed by atoms with E-state index in [1.165, 1.54) is 0 Å². The second-order valence-corrected chi connectivity index (χ2v) is 4.73. The van der Waals surface area contributed by atoms with E-state index in [0.29, 0.717) is 28.7 Å². The SMILES string of the molecule is Cc1nsc(Cl)c1C(=O)OCCN(C)C. The van der Waals surface area contributed by atoms with E-state index in [1.54, 1.807) is 6.92 Å². The first-order valence-electron chi connectivity index (χ1n) is 4.46. The molecule has 6 heteroatoms. The molecule has 0 aliphatic rings. The van der Waals surface area contributed by atoms with Gasteiger partial charge >= 0.3 is 5.97 Å². The van der Waals surface area contributed by atoms with E-state index in [1.807, 2.05) is 19.0 Å². The molecule has 0 aromatic carbocycles. The maximum atomic E-state index is 11.6. The van der Waals surface area contributed by atoms with E-state index in [9.17, 15) is 4.79 Å². The summed E-state index contributed by atoms with van der Waals surface area (Å²) in [5, 5.41) is 0. The van der Waals surface area contributed by atoms with Gasteiger partial charge in [-0.1, -0.05) is 11.6 Å². The molecule has 0 unspecified atom stereocenters. The van der Waals surface area contributed by atoms with E-state index in [-0.39, 0.29) is 0 Å². The van der Waals surface area contributed by atoms with Gasteiger partial charge in [0.05, 0.1) is 5.69 Å². The summed E-state index contributed by atoms with van der Waals surface area (Å²) in [6, 6.07) is 0. The van der Waals surface area contributed by atoms with Crippen molar-refractivity contribution in [2.24, 2.45) is 0 Å². The predicted molar refractivity (Wildman–Crippen MR) is 60.7 cm³/mol. The molecule has 0 aliphatic heterocycles. The molecule has 4 nitrogen and oxygen atoms in total. The zero-order valence-electron chi connectivity index (χ0n) is 8.91. The number of likely N-dealkylation sites (N-methyl/N-ethyl adjacent to an activating group) is 1. The minimum absolute atomic E-state index is 0.359. The highest BCUT2D eigenvalue weighted by Gasteiger charge is 2.18. The molecule has 84 valence electrons. The lowest BCUT2D eigenvalue weighted by molar-refractivity contribution is 0.0481. The summed E-state index contributed by atoms with van der Waals surface area (Å²) < 4.78 is 9.43. The summed E-state index contributed by atoms with van der Waals surface area (Å²) in [7, 11) is 3.83. The molecule has 1 rings (SSSR count).